The number of carbonyl (C=O) groups excluding carboxylic acids is 2. The highest BCUT2D eigenvalue weighted by molar-refractivity contribution is 5.89. The summed E-state index contributed by atoms with van der Waals surface area (Å²) in [5.74, 6) is -0.183. The summed E-state index contributed by atoms with van der Waals surface area (Å²) < 4.78 is 13.8. The van der Waals surface area contributed by atoms with Crippen LogP contribution >= 0.6 is 0 Å². The van der Waals surface area contributed by atoms with Gasteiger partial charge in [-0.25, -0.2) is 13.8 Å². The Labute approximate surface area is 149 Å². The molecule has 1 aromatic heterocycles. The topological polar surface area (TPSA) is 113 Å². The second-order valence-electron chi connectivity index (χ2n) is 5.52. The van der Waals surface area contributed by atoms with Gasteiger partial charge in [-0.05, 0) is 35.4 Å². The molecule has 7 nitrogen and oxygen atoms in total. The normalized spacial score (nSPS) is 11.1. The predicted molar refractivity (Wildman–Crippen MR) is 97.1 cm³/mol. The van der Waals surface area contributed by atoms with Crippen LogP contribution in [-0.4, -0.2) is 29.6 Å². The largest absolute Gasteiger partial charge is 0.333 e. The van der Waals surface area contributed by atoms with Gasteiger partial charge in [0.25, 0.3) is 0 Å². The number of benzene rings is 1. The minimum absolute atomic E-state index is 0.0125. The molecule has 2 aromatic rings. The van der Waals surface area contributed by atoms with Crippen molar-refractivity contribution in [1.29, 1.82) is 5.41 Å². The summed E-state index contributed by atoms with van der Waals surface area (Å²) in [4.78, 5) is 23.6. The molecule has 5 N–H and O–H groups in total. The van der Waals surface area contributed by atoms with Crippen LogP contribution in [0.15, 0.2) is 54.4 Å². The second kappa shape index (κ2) is 8.72. The lowest BCUT2D eigenvalue weighted by molar-refractivity contribution is -0.114. The van der Waals surface area contributed by atoms with Gasteiger partial charge in [-0.1, -0.05) is 18.2 Å². The number of anilines is 1. The Kier molecular flexibility index (Phi) is 6.40. The molecule has 0 saturated carbocycles. The van der Waals surface area contributed by atoms with Crippen molar-refractivity contribution in [2.24, 2.45) is 5.73 Å². The summed E-state index contributed by atoms with van der Waals surface area (Å²) in [6.07, 6.45) is 0.360. The van der Waals surface area contributed by atoms with E-state index in [-0.39, 0.29) is 30.1 Å². The molecule has 0 aliphatic carbocycles. The van der Waals surface area contributed by atoms with E-state index < -0.39 is 6.03 Å². The first-order chi connectivity index (χ1) is 12.5. The lowest BCUT2D eigenvalue weighted by Gasteiger charge is -2.14. The summed E-state index contributed by atoms with van der Waals surface area (Å²) >= 11 is 0. The molecule has 2 rings (SSSR count). The molecular formula is C18H20FN5O2. The zero-order valence-corrected chi connectivity index (χ0v) is 14.3. The van der Waals surface area contributed by atoms with Crippen molar-refractivity contribution in [3.63, 3.8) is 0 Å². The van der Waals surface area contributed by atoms with Gasteiger partial charge in [0.2, 0.25) is 5.91 Å². The van der Waals surface area contributed by atoms with Crippen molar-refractivity contribution in [2.75, 3.05) is 18.4 Å². The average molecular weight is 357 g/mol. The van der Waals surface area contributed by atoms with Crippen molar-refractivity contribution in [3.8, 4) is 11.3 Å². The lowest BCUT2D eigenvalue weighted by Crippen LogP contribution is -2.38. The third kappa shape index (κ3) is 4.64. The molecule has 1 aromatic carbocycles. The van der Waals surface area contributed by atoms with Gasteiger partial charge >= 0.3 is 6.03 Å². The Hall–Kier alpha value is -3.26. The Bertz CT molecular complexity index is 887. The number of halogens is 1. The molecule has 8 heteroatoms. The minimum atomic E-state index is -0.565. The van der Waals surface area contributed by atoms with Gasteiger partial charge in [-0.2, -0.15) is 0 Å². The summed E-state index contributed by atoms with van der Waals surface area (Å²) in [5, 5.41) is 13.2. The van der Waals surface area contributed by atoms with E-state index >= 15 is 0 Å². The van der Waals surface area contributed by atoms with E-state index in [0.717, 1.165) is 0 Å². The SMILES string of the molecule is CC(=O)Nc1ccc(-c2cccc(=N)n2C(=O)NC/C(=C/F)CN)cc1. The Balaban J connectivity index is 2.33. The molecule has 0 atom stereocenters. The molecule has 0 saturated heterocycles. The molecule has 0 fully saturated rings. The van der Waals surface area contributed by atoms with E-state index in [2.05, 4.69) is 10.6 Å². The average Bonchev–Trinajstić information content (AvgIpc) is 2.62. The maximum Gasteiger partial charge on any atom is 0.327 e. The smallest absolute Gasteiger partial charge is 0.327 e. The number of amides is 2. The molecule has 0 unspecified atom stereocenters. The van der Waals surface area contributed by atoms with E-state index in [1.807, 2.05) is 0 Å². The highest BCUT2D eigenvalue weighted by Gasteiger charge is 2.12. The maximum atomic E-state index is 12.6. The fourth-order valence-corrected chi connectivity index (χ4v) is 2.30. The molecule has 26 heavy (non-hydrogen) atoms. The van der Waals surface area contributed by atoms with Gasteiger partial charge in [0.1, 0.15) is 5.49 Å². The number of rotatable bonds is 5. The number of nitrogens with zero attached hydrogens (tertiary/aromatic N) is 1. The molecule has 0 aliphatic heterocycles. The number of carbonyl (C=O) groups is 2. The molecular weight excluding hydrogens is 337 g/mol. The molecule has 0 radical (unpaired) electrons. The molecule has 2 amide bonds. The van der Waals surface area contributed by atoms with Crippen LogP contribution in [-0.2, 0) is 4.79 Å². The van der Waals surface area contributed by atoms with Gasteiger partial charge in [0.05, 0.1) is 12.0 Å². The second-order valence-corrected chi connectivity index (χ2v) is 5.52. The standard InChI is InChI=1S/C18H20FN5O2/c1-12(25)23-15-7-5-14(6-8-15)16-3-2-4-17(21)24(16)18(26)22-11-13(9-19)10-20/h2-9,21H,10-11,20H2,1H3,(H,22,26)(H,23,25)/b13-9+,21-17?. The number of hydrogen-bond acceptors (Lipinski definition) is 4. The van der Waals surface area contributed by atoms with Crippen LogP contribution in [0.1, 0.15) is 6.92 Å². The van der Waals surface area contributed by atoms with Crippen LogP contribution < -0.4 is 21.9 Å². The van der Waals surface area contributed by atoms with Gasteiger partial charge in [0.15, 0.2) is 0 Å². The first-order valence-corrected chi connectivity index (χ1v) is 7.87. The minimum Gasteiger partial charge on any atom is -0.333 e. The quantitative estimate of drug-likeness (QED) is 0.656. The molecule has 0 spiro atoms. The highest BCUT2D eigenvalue weighted by Crippen LogP contribution is 2.20. The van der Waals surface area contributed by atoms with Crippen LogP contribution in [0.25, 0.3) is 11.3 Å². The Morgan fingerprint density at radius 3 is 2.50 bits per heavy atom. The molecule has 0 aliphatic rings. The molecule has 0 bridgehead atoms. The van der Waals surface area contributed by atoms with Gasteiger partial charge in [0, 0.05) is 25.7 Å². The van der Waals surface area contributed by atoms with Crippen LogP contribution in [0.5, 0.6) is 0 Å². The number of aromatic nitrogens is 1. The lowest BCUT2D eigenvalue weighted by atomic mass is 10.1. The van der Waals surface area contributed by atoms with E-state index in [0.29, 0.717) is 23.3 Å². The van der Waals surface area contributed by atoms with Crippen LogP contribution in [0, 0.1) is 5.41 Å². The molecule has 136 valence electrons. The Morgan fingerprint density at radius 2 is 1.92 bits per heavy atom. The van der Waals surface area contributed by atoms with E-state index in [4.69, 9.17) is 11.1 Å². The summed E-state index contributed by atoms with van der Waals surface area (Å²) in [5.41, 5.74) is 7.39. The highest BCUT2D eigenvalue weighted by atomic mass is 19.1. The van der Waals surface area contributed by atoms with Crippen molar-refractivity contribution >= 4 is 17.6 Å². The van der Waals surface area contributed by atoms with Crippen LogP contribution in [0.3, 0.4) is 0 Å². The zero-order chi connectivity index (χ0) is 19.1. The third-order valence-electron chi connectivity index (χ3n) is 3.58. The van der Waals surface area contributed by atoms with Gasteiger partial charge < -0.3 is 16.4 Å². The van der Waals surface area contributed by atoms with Crippen molar-refractivity contribution in [1.82, 2.24) is 9.88 Å². The summed E-state index contributed by atoms with van der Waals surface area (Å²) in [7, 11) is 0. The van der Waals surface area contributed by atoms with E-state index in [1.165, 1.54) is 17.6 Å². The first-order valence-electron chi connectivity index (χ1n) is 7.87. The monoisotopic (exact) mass is 357 g/mol. The Morgan fingerprint density at radius 1 is 1.23 bits per heavy atom. The number of hydrogen-bond donors (Lipinski definition) is 4. The zero-order valence-electron chi connectivity index (χ0n) is 14.3. The molecule has 1 heterocycles. The fraction of sp³-hybridized carbons (Fsp3) is 0.167. The van der Waals surface area contributed by atoms with Crippen molar-refractivity contribution < 1.29 is 14.0 Å². The number of nitrogens with one attached hydrogen (secondary N) is 3. The summed E-state index contributed by atoms with van der Waals surface area (Å²) in [6, 6.07) is 11.1. The fourth-order valence-electron chi connectivity index (χ4n) is 2.30. The van der Waals surface area contributed by atoms with E-state index in [1.54, 1.807) is 36.4 Å². The predicted octanol–water partition coefficient (Wildman–Crippen LogP) is 1.96. The summed E-state index contributed by atoms with van der Waals surface area (Å²) in [6.45, 7) is 1.35. The van der Waals surface area contributed by atoms with Crippen LogP contribution in [0.2, 0.25) is 0 Å². The van der Waals surface area contributed by atoms with Crippen LogP contribution in [0.4, 0.5) is 14.9 Å². The van der Waals surface area contributed by atoms with Crippen molar-refractivity contribution in [3.05, 3.63) is 59.9 Å². The number of pyridine rings is 1. The van der Waals surface area contributed by atoms with Gasteiger partial charge in [-0.15, -0.1) is 0 Å². The third-order valence-corrected chi connectivity index (χ3v) is 3.58. The van der Waals surface area contributed by atoms with E-state index in [9.17, 15) is 14.0 Å². The first kappa shape index (κ1) is 19.1. The maximum absolute atomic E-state index is 12.6. The number of nitrogens with two attached hydrogens (primary N) is 1. The van der Waals surface area contributed by atoms with Gasteiger partial charge in [-0.3, -0.25) is 10.2 Å². The van der Waals surface area contributed by atoms with Crippen molar-refractivity contribution in [2.45, 2.75) is 6.92 Å².